The van der Waals surface area contributed by atoms with Gasteiger partial charge in [-0.25, -0.2) is 4.98 Å². The van der Waals surface area contributed by atoms with Gasteiger partial charge in [-0.1, -0.05) is 12.1 Å². The fraction of sp³-hybridized carbons (Fsp3) is 0.538. The maximum atomic E-state index is 13.8. The lowest BCUT2D eigenvalue weighted by Gasteiger charge is -2.33. The highest BCUT2D eigenvalue weighted by molar-refractivity contribution is 5.99. The minimum Gasteiger partial charge on any atom is -0.376 e. The summed E-state index contributed by atoms with van der Waals surface area (Å²) in [5, 5.41) is 3.45. The molecule has 6 heteroatoms. The predicted octanol–water partition coefficient (Wildman–Crippen LogP) is 5.75. The Morgan fingerprint density at radius 1 is 1.19 bits per heavy atom. The predicted molar refractivity (Wildman–Crippen MR) is 127 cm³/mol. The fourth-order valence-electron chi connectivity index (χ4n) is 4.79. The summed E-state index contributed by atoms with van der Waals surface area (Å²) < 4.78 is 11.8. The number of amides is 1. The maximum Gasteiger partial charge on any atom is 0.230 e. The summed E-state index contributed by atoms with van der Waals surface area (Å²) in [6.07, 6.45) is 5.85. The molecule has 1 saturated carbocycles. The first kappa shape index (κ1) is 22.7. The Labute approximate surface area is 191 Å². The van der Waals surface area contributed by atoms with Gasteiger partial charge in [-0.15, -0.1) is 0 Å². The minimum absolute atomic E-state index is 0.0149. The number of ether oxygens (including phenoxy) is 2. The fourth-order valence-corrected chi connectivity index (χ4v) is 4.79. The van der Waals surface area contributed by atoms with E-state index in [4.69, 9.17) is 9.47 Å². The van der Waals surface area contributed by atoms with Crippen molar-refractivity contribution >= 4 is 23.1 Å². The smallest absolute Gasteiger partial charge is 0.230 e. The molecule has 1 unspecified atom stereocenters. The number of fused-ring (bicyclic) bond motifs is 2. The van der Waals surface area contributed by atoms with Gasteiger partial charge >= 0.3 is 0 Å². The molecule has 2 aromatic rings. The van der Waals surface area contributed by atoms with Gasteiger partial charge in [0.15, 0.2) is 0 Å². The number of carbonyl (C=O) groups is 1. The SMILES string of the molecule is CCOC(C)c1ccc2c(c1)N(C(=O)C1CCC(OC(C)C)CC1)Cc1cccnc1N2. The van der Waals surface area contributed by atoms with Gasteiger partial charge in [0.05, 0.1) is 36.2 Å². The van der Waals surface area contributed by atoms with Crippen molar-refractivity contribution in [2.75, 3.05) is 16.8 Å². The zero-order valence-electron chi connectivity index (χ0n) is 19.6. The van der Waals surface area contributed by atoms with Crippen molar-refractivity contribution in [1.82, 2.24) is 4.98 Å². The van der Waals surface area contributed by atoms with Gasteiger partial charge in [0.25, 0.3) is 0 Å². The summed E-state index contributed by atoms with van der Waals surface area (Å²) in [4.78, 5) is 20.3. The highest BCUT2D eigenvalue weighted by Gasteiger charge is 2.33. The second-order valence-corrected chi connectivity index (χ2v) is 9.09. The van der Waals surface area contributed by atoms with Crippen molar-refractivity contribution in [1.29, 1.82) is 0 Å². The second-order valence-electron chi connectivity index (χ2n) is 9.09. The van der Waals surface area contributed by atoms with Crippen LogP contribution in [0.25, 0.3) is 0 Å². The summed E-state index contributed by atoms with van der Waals surface area (Å²) in [5.74, 6) is 1.01. The van der Waals surface area contributed by atoms with Crippen LogP contribution in [-0.2, 0) is 20.8 Å². The van der Waals surface area contributed by atoms with Gasteiger partial charge in [0, 0.05) is 24.3 Å². The molecular formula is C26H35N3O3. The Kier molecular flexibility index (Phi) is 7.11. The minimum atomic E-state index is -0.0328. The largest absolute Gasteiger partial charge is 0.376 e. The van der Waals surface area contributed by atoms with Crippen molar-refractivity contribution in [2.24, 2.45) is 5.92 Å². The van der Waals surface area contributed by atoms with Crippen molar-refractivity contribution in [3.8, 4) is 0 Å². The Morgan fingerprint density at radius 3 is 2.69 bits per heavy atom. The van der Waals surface area contributed by atoms with Gasteiger partial charge in [0.1, 0.15) is 5.82 Å². The van der Waals surface area contributed by atoms with Crippen LogP contribution in [-0.4, -0.2) is 29.7 Å². The molecule has 0 spiro atoms. The maximum absolute atomic E-state index is 13.8. The van der Waals surface area contributed by atoms with Crippen LogP contribution in [0.1, 0.15) is 70.6 Å². The lowest BCUT2D eigenvalue weighted by Crippen LogP contribution is -2.38. The third-order valence-electron chi connectivity index (χ3n) is 6.43. The van der Waals surface area contributed by atoms with E-state index in [1.807, 2.05) is 36.9 Å². The van der Waals surface area contributed by atoms with Gasteiger partial charge in [-0.2, -0.15) is 0 Å². The molecule has 1 atom stereocenters. The second kappa shape index (κ2) is 10.0. The van der Waals surface area contributed by atoms with Crippen molar-refractivity contribution in [2.45, 2.75) is 78.2 Å². The summed E-state index contributed by atoms with van der Waals surface area (Å²) in [5.41, 5.74) is 3.89. The number of aromatic nitrogens is 1. The van der Waals surface area contributed by atoms with Crippen LogP contribution in [0.3, 0.4) is 0 Å². The number of carbonyl (C=O) groups excluding carboxylic acids is 1. The number of nitrogens with one attached hydrogen (secondary N) is 1. The summed E-state index contributed by atoms with van der Waals surface area (Å²) in [6.45, 7) is 9.36. The van der Waals surface area contributed by atoms with E-state index in [2.05, 4.69) is 36.3 Å². The van der Waals surface area contributed by atoms with Gasteiger partial charge in [-0.3, -0.25) is 4.79 Å². The zero-order valence-corrected chi connectivity index (χ0v) is 19.6. The first-order valence-electron chi connectivity index (χ1n) is 11.9. The average Bonchev–Trinajstić information content (AvgIpc) is 2.95. The third-order valence-corrected chi connectivity index (χ3v) is 6.43. The molecule has 4 rings (SSSR count). The van der Waals surface area contributed by atoms with Crippen LogP contribution in [0, 0.1) is 5.92 Å². The van der Waals surface area contributed by atoms with Crippen LogP contribution in [0.5, 0.6) is 0 Å². The molecule has 2 aliphatic rings. The number of rotatable bonds is 6. The molecule has 6 nitrogen and oxygen atoms in total. The number of nitrogens with zero attached hydrogens (tertiary/aromatic N) is 2. The van der Waals surface area contributed by atoms with E-state index in [-0.39, 0.29) is 30.1 Å². The van der Waals surface area contributed by atoms with Crippen LogP contribution in [0.4, 0.5) is 17.2 Å². The monoisotopic (exact) mass is 437 g/mol. The first-order chi connectivity index (χ1) is 15.5. The normalized spacial score (nSPS) is 21.3. The van der Waals surface area contributed by atoms with E-state index in [1.54, 1.807) is 6.20 Å². The van der Waals surface area contributed by atoms with Crippen LogP contribution < -0.4 is 10.2 Å². The number of benzene rings is 1. The van der Waals surface area contributed by atoms with Crippen molar-refractivity contribution in [3.63, 3.8) is 0 Å². The number of hydrogen-bond donors (Lipinski definition) is 1. The van der Waals surface area contributed by atoms with E-state index in [9.17, 15) is 4.79 Å². The molecule has 1 amide bonds. The molecular weight excluding hydrogens is 402 g/mol. The lowest BCUT2D eigenvalue weighted by atomic mass is 9.86. The molecule has 2 heterocycles. The standard InChI is InChI=1S/C26H35N3O3/c1-5-31-18(4)20-10-13-23-24(15-20)29(16-21-7-6-14-27-25(21)28-23)26(30)19-8-11-22(12-9-19)32-17(2)3/h6-7,10,13-15,17-19,22H,5,8-9,11-12,16H2,1-4H3,(H,27,28). The van der Waals surface area contributed by atoms with Gasteiger partial charge in [0.2, 0.25) is 5.91 Å². The quantitative estimate of drug-likeness (QED) is 0.623. The van der Waals surface area contributed by atoms with Gasteiger partial charge in [-0.05, 0) is 77.1 Å². The number of anilines is 3. The van der Waals surface area contributed by atoms with E-state index in [0.717, 1.165) is 54.0 Å². The number of pyridine rings is 1. The van der Waals surface area contributed by atoms with Crippen LogP contribution >= 0.6 is 0 Å². The molecule has 1 N–H and O–H groups in total. The lowest BCUT2D eigenvalue weighted by molar-refractivity contribution is -0.124. The topological polar surface area (TPSA) is 63.7 Å². The first-order valence-corrected chi connectivity index (χ1v) is 11.9. The summed E-state index contributed by atoms with van der Waals surface area (Å²) >= 11 is 0. The Morgan fingerprint density at radius 2 is 1.97 bits per heavy atom. The zero-order chi connectivity index (χ0) is 22.7. The Balaban J connectivity index is 1.63. The van der Waals surface area contributed by atoms with Crippen molar-refractivity contribution < 1.29 is 14.3 Å². The van der Waals surface area contributed by atoms with Gasteiger partial charge < -0.3 is 19.7 Å². The molecule has 1 aliphatic carbocycles. The molecule has 172 valence electrons. The molecule has 1 aromatic carbocycles. The van der Waals surface area contributed by atoms with Crippen LogP contribution in [0.15, 0.2) is 36.5 Å². The molecule has 1 aromatic heterocycles. The van der Waals surface area contributed by atoms with E-state index < -0.39 is 0 Å². The average molecular weight is 438 g/mol. The molecule has 0 radical (unpaired) electrons. The van der Waals surface area contributed by atoms with E-state index in [0.29, 0.717) is 13.2 Å². The third kappa shape index (κ3) is 4.97. The molecule has 0 bridgehead atoms. The number of hydrogen-bond acceptors (Lipinski definition) is 5. The van der Waals surface area contributed by atoms with E-state index >= 15 is 0 Å². The molecule has 1 fully saturated rings. The Bertz CT molecular complexity index is 938. The van der Waals surface area contributed by atoms with E-state index in [1.165, 1.54) is 0 Å². The summed E-state index contributed by atoms with van der Waals surface area (Å²) in [6, 6.07) is 10.2. The van der Waals surface area contributed by atoms with Crippen molar-refractivity contribution in [3.05, 3.63) is 47.7 Å². The highest BCUT2D eigenvalue weighted by Crippen LogP contribution is 2.39. The highest BCUT2D eigenvalue weighted by atomic mass is 16.5. The Hall–Kier alpha value is -2.44. The molecule has 0 saturated heterocycles. The molecule has 1 aliphatic heterocycles. The summed E-state index contributed by atoms with van der Waals surface area (Å²) in [7, 11) is 0. The molecule has 32 heavy (non-hydrogen) atoms. The van der Waals surface area contributed by atoms with Crippen LogP contribution in [0.2, 0.25) is 0 Å².